The van der Waals surface area contributed by atoms with Crippen LogP contribution >= 0.6 is 0 Å². The summed E-state index contributed by atoms with van der Waals surface area (Å²) in [7, 11) is 0. The summed E-state index contributed by atoms with van der Waals surface area (Å²) in [5.41, 5.74) is 11.6. The number of aromatic nitrogens is 2. The molecule has 0 spiro atoms. The summed E-state index contributed by atoms with van der Waals surface area (Å²) in [5.74, 6) is -0.00491. The van der Waals surface area contributed by atoms with Gasteiger partial charge in [0.2, 0.25) is 5.88 Å². The molecule has 1 atom stereocenters. The molecule has 1 amide bonds. The number of aryl methyl sites for hydroxylation is 1. The maximum Gasteiger partial charge on any atom is 0.271 e. The number of nitrogens with two attached hydrogens (primary N) is 2. The molecular weight excluding hydrogens is 234 g/mol. The van der Waals surface area contributed by atoms with Crippen molar-refractivity contribution in [2.75, 3.05) is 11.9 Å². The van der Waals surface area contributed by atoms with E-state index in [4.69, 9.17) is 16.2 Å². The average molecular weight is 253 g/mol. The topological polar surface area (TPSA) is 116 Å². The van der Waals surface area contributed by atoms with Crippen LogP contribution < -0.4 is 21.5 Å². The minimum Gasteiger partial charge on any atom is -0.477 e. The largest absolute Gasteiger partial charge is 0.477 e. The number of nitrogens with one attached hydrogen (secondary N) is 1. The lowest BCUT2D eigenvalue weighted by molar-refractivity contribution is 0.0995. The van der Waals surface area contributed by atoms with Gasteiger partial charge in [-0.15, -0.1) is 0 Å². The molecule has 0 bridgehead atoms. The predicted molar refractivity (Wildman–Crippen MR) is 68.4 cm³/mol. The highest BCUT2D eigenvalue weighted by atomic mass is 16.5. The smallest absolute Gasteiger partial charge is 0.271 e. The summed E-state index contributed by atoms with van der Waals surface area (Å²) in [5, 5.41) is 2.83. The van der Waals surface area contributed by atoms with Crippen molar-refractivity contribution in [1.82, 2.24) is 9.97 Å². The highest BCUT2D eigenvalue weighted by Gasteiger charge is 2.18. The molecule has 0 aromatic carbocycles. The van der Waals surface area contributed by atoms with Crippen LogP contribution in [0.3, 0.4) is 0 Å². The molecule has 0 radical (unpaired) electrons. The van der Waals surface area contributed by atoms with Crippen molar-refractivity contribution in [2.24, 2.45) is 11.5 Å². The van der Waals surface area contributed by atoms with Crippen LogP contribution in [0.15, 0.2) is 0 Å². The van der Waals surface area contributed by atoms with Crippen LogP contribution in [-0.2, 0) is 6.42 Å². The van der Waals surface area contributed by atoms with E-state index in [0.717, 1.165) is 0 Å². The fraction of sp³-hybridized carbons (Fsp3) is 0.545. The van der Waals surface area contributed by atoms with E-state index in [2.05, 4.69) is 15.3 Å². The van der Waals surface area contributed by atoms with Gasteiger partial charge >= 0.3 is 0 Å². The van der Waals surface area contributed by atoms with E-state index in [9.17, 15) is 4.79 Å². The highest BCUT2D eigenvalue weighted by Crippen LogP contribution is 2.20. The standard InChI is InChI=1S/C11H19N5O2/c1-4-7-11(18-5-2)16-10(14-6(3)12)8(15-7)9(13)17/h6H,4-5,12H2,1-3H3,(H2,13,17)(H,14,16). The molecule has 18 heavy (non-hydrogen) atoms. The van der Waals surface area contributed by atoms with Gasteiger partial charge in [0.1, 0.15) is 5.69 Å². The number of anilines is 1. The maximum atomic E-state index is 11.3. The fourth-order valence-corrected chi connectivity index (χ4v) is 1.43. The molecule has 1 aromatic heterocycles. The van der Waals surface area contributed by atoms with Gasteiger partial charge in [0, 0.05) is 0 Å². The third-order valence-electron chi connectivity index (χ3n) is 2.15. The number of ether oxygens (including phenoxy) is 1. The van der Waals surface area contributed by atoms with Gasteiger partial charge in [-0.25, -0.2) is 4.98 Å². The summed E-state index contributed by atoms with van der Waals surface area (Å²) in [6.45, 7) is 5.94. The first-order valence-corrected chi connectivity index (χ1v) is 5.85. The summed E-state index contributed by atoms with van der Waals surface area (Å²) >= 11 is 0. The van der Waals surface area contributed by atoms with Gasteiger partial charge in [0.05, 0.1) is 12.8 Å². The molecule has 0 aliphatic rings. The van der Waals surface area contributed by atoms with Gasteiger partial charge in [-0.3, -0.25) is 4.79 Å². The van der Waals surface area contributed by atoms with Crippen LogP contribution in [0.4, 0.5) is 5.82 Å². The lowest BCUT2D eigenvalue weighted by atomic mass is 10.3. The molecular formula is C11H19N5O2. The van der Waals surface area contributed by atoms with Crippen LogP contribution in [0.25, 0.3) is 0 Å². The number of rotatable bonds is 6. The molecule has 0 fully saturated rings. The molecule has 1 rings (SSSR count). The Kier molecular flexibility index (Phi) is 4.85. The second kappa shape index (κ2) is 6.15. The highest BCUT2D eigenvalue weighted by molar-refractivity contribution is 5.95. The van der Waals surface area contributed by atoms with E-state index in [1.165, 1.54) is 0 Å². The number of hydrogen-bond donors (Lipinski definition) is 3. The Morgan fingerprint density at radius 1 is 1.44 bits per heavy atom. The zero-order chi connectivity index (χ0) is 13.7. The molecule has 7 nitrogen and oxygen atoms in total. The molecule has 0 saturated carbocycles. The first-order valence-electron chi connectivity index (χ1n) is 5.85. The van der Waals surface area contributed by atoms with Gasteiger partial charge in [-0.1, -0.05) is 6.92 Å². The maximum absolute atomic E-state index is 11.3. The summed E-state index contributed by atoms with van der Waals surface area (Å²) in [6.07, 6.45) is 0.223. The van der Waals surface area contributed by atoms with E-state index in [-0.39, 0.29) is 17.7 Å². The molecule has 0 saturated heterocycles. The molecule has 1 unspecified atom stereocenters. The Morgan fingerprint density at radius 3 is 2.56 bits per heavy atom. The number of hydrogen-bond acceptors (Lipinski definition) is 6. The third kappa shape index (κ3) is 3.30. The summed E-state index contributed by atoms with van der Waals surface area (Å²) in [6, 6.07) is 0. The predicted octanol–water partition coefficient (Wildman–Crippen LogP) is 0.253. The Labute approximate surface area is 106 Å². The summed E-state index contributed by atoms with van der Waals surface area (Å²) < 4.78 is 5.38. The number of carbonyl (C=O) groups is 1. The summed E-state index contributed by atoms with van der Waals surface area (Å²) in [4.78, 5) is 19.7. The van der Waals surface area contributed by atoms with Crippen LogP contribution in [0.5, 0.6) is 5.88 Å². The Balaban J connectivity index is 3.27. The molecule has 1 heterocycles. The first kappa shape index (κ1) is 14.2. The molecule has 5 N–H and O–H groups in total. The second-order valence-corrected chi connectivity index (χ2v) is 3.76. The molecule has 0 aliphatic heterocycles. The number of primary amides is 1. The molecule has 1 aromatic rings. The lowest BCUT2D eigenvalue weighted by Crippen LogP contribution is -2.29. The van der Waals surface area contributed by atoms with Crippen molar-refractivity contribution < 1.29 is 9.53 Å². The first-order chi connectivity index (χ1) is 8.49. The van der Waals surface area contributed by atoms with E-state index in [1.54, 1.807) is 6.92 Å². The minimum atomic E-state index is -0.650. The van der Waals surface area contributed by atoms with Crippen molar-refractivity contribution in [3.05, 3.63) is 11.4 Å². The molecule has 100 valence electrons. The van der Waals surface area contributed by atoms with Crippen molar-refractivity contribution in [3.8, 4) is 5.88 Å². The Morgan fingerprint density at radius 2 is 2.11 bits per heavy atom. The van der Waals surface area contributed by atoms with Crippen molar-refractivity contribution >= 4 is 11.7 Å². The lowest BCUT2D eigenvalue weighted by Gasteiger charge is -2.15. The average Bonchev–Trinajstić information content (AvgIpc) is 2.28. The third-order valence-corrected chi connectivity index (χ3v) is 2.15. The van der Waals surface area contributed by atoms with Crippen LogP contribution in [0.2, 0.25) is 0 Å². The zero-order valence-corrected chi connectivity index (χ0v) is 10.9. The van der Waals surface area contributed by atoms with Crippen LogP contribution in [0, 0.1) is 0 Å². The van der Waals surface area contributed by atoms with Crippen molar-refractivity contribution in [2.45, 2.75) is 33.4 Å². The number of nitrogens with zero attached hydrogens (tertiary/aromatic N) is 2. The van der Waals surface area contributed by atoms with E-state index in [0.29, 0.717) is 24.6 Å². The van der Waals surface area contributed by atoms with Crippen molar-refractivity contribution in [1.29, 1.82) is 0 Å². The molecule has 7 heteroatoms. The van der Waals surface area contributed by atoms with Gasteiger partial charge in [-0.2, -0.15) is 4.98 Å². The van der Waals surface area contributed by atoms with E-state index >= 15 is 0 Å². The van der Waals surface area contributed by atoms with Crippen LogP contribution in [0.1, 0.15) is 37.0 Å². The van der Waals surface area contributed by atoms with Crippen LogP contribution in [-0.4, -0.2) is 28.6 Å². The van der Waals surface area contributed by atoms with Gasteiger partial charge in [0.25, 0.3) is 5.91 Å². The van der Waals surface area contributed by atoms with E-state index < -0.39 is 5.91 Å². The van der Waals surface area contributed by atoms with Gasteiger partial charge < -0.3 is 21.5 Å². The minimum absolute atomic E-state index is 0.0765. The van der Waals surface area contributed by atoms with E-state index in [1.807, 2.05) is 13.8 Å². The Hall–Kier alpha value is -1.89. The van der Waals surface area contributed by atoms with Gasteiger partial charge in [0.15, 0.2) is 11.5 Å². The zero-order valence-electron chi connectivity index (χ0n) is 10.9. The Bertz CT molecular complexity index is 434. The second-order valence-electron chi connectivity index (χ2n) is 3.76. The van der Waals surface area contributed by atoms with Gasteiger partial charge in [-0.05, 0) is 20.3 Å². The number of carbonyl (C=O) groups excluding carboxylic acids is 1. The van der Waals surface area contributed by atoms with Crippen molar-refractivity contribution in [3.63, 3.8) is 0 Å². The normalized spacial score (nSPS) is 12.0. The molecule has 0 aliphatic carbocycles. The monoisotopic (exact) mass is 253 g/mol. The SMILES string of the molecule is CCOc1nc(NC(C)N)c(C(N)=O)nc1CC. The fourth-order valence-electron chi connectivity index (χ4n) is 1.43. The quantitative estimate of drug-likeness (QED) is 0.626. The number of amides is 1.